The zero-order valence-corrected chi connectivity index (χ0v) is 13.3. The number of benzene rings is 1. The minimum atomic E-state index is 0.0177. The first kappa shape index (κ1) is 13.9. The molecule has 1 aliphatic carbocycles. The van der Waals surface area contributed by atoms with Crippen LogP contribution in [0.5, 0.6) is 0 Å². The molecule has 24 heavy (non-hydrogen) atoms. The van der Waals surface area contributed by atoms with Gasteiger partial charge in [0.15, 0.2) is 5.58 Å². The van der Waals surface area contributed by atoms with Crippen molar-refractivity contribution in [1.82, 2.24) is 19.9 Å². The smallest absolute Gasteiger partial charge is 0.255 e. The van der Waals surface area contributed by atoms with Crippen LogP contribution in [-0.2, 0) is 19.5 Å². The van der Waals surface area contributed by atoms with E-state index in [2.05, 4.69) is 14.9 Å². The number of nitrogens with one attached hydrogen (secondary N) is 1. The van der Waals surface area contributed by atoms with Crippen LogP contribution in [0.2, 0.25) is 0 Å². The Morgan fingerprint density at radius 3 is 2.96 bits per heavy atom. The normalized spacial score (nSPS) is 18.0. The molecule has 0 unspecified atom stereocenters. The van der Waals surface area contributed by atoms with Crippen LogP contribution < -0.4 is 5.56 Å². The van der Waals surface area contributed by atoms with Gasteiger partial charge < -0.3 is 9.40 Å². The van der Waals surface area contributed by atoms with Crippen molar-refractivity contribution in [2.75, 3.05) is 6.54 Å². The number of rotatable bonds is 3. The summed E-state index contributed by atoms with van der Waals surface area (Å²) in [4.78, 5) is 26.8. The van der Waals surface area contributed by atoms with Gasteiger partial charge in [-0.15, -0.1) is 0 Å². The third-order valence-electron chi connectivity index (χ3n) is 4.83. The van der Waals surface area contributed by atoms with Gasteiger partial charge in [-0.05, 0) is 25.0 Å². The molecular weight excluding hydrogens is 304 g/mol. The van der Waals surface area contributed by atoms with E-state index in [0.29, 0.717) is 24.9 Å². The lowest BCUT2D eigenvalue weighted by Gasteiger charge is -2.26. The first-order valence-electron chi connectivity index (χ1n) is 8.45. The fourth-order valence-electron chi connectivity index (χ4n) is 3.36. The molecular formula is C18H18N4O2. The van der Waals surface area contributed by atoms with Gasteiger partial charge in [0.2, 0.25) is 5.89 Å². The predicted molar refractivity (Wildman–Crippen MR) is 88.7 cm³/mol. The van der Waals surface area contributed by atoms with Crippen molar-refractivity contribution in [3.8, 4) is 0 Å². The Kier molecular flexibility index (Phi) is 3.06. The fraction of sp³-hybridized carbons (Fsp3) is 0.389. The molecule has 2 aliphatic rings. The van der Waals surface area contributed by atoms with Crippen molar-refractivity contribution in [2.45, 2.75) is 38.3 Å². The number of aromatic amines is 1. The monoisotopic (exact) mass is 322 g/mol. The summed E-state index contributed by atoms with van der Waals surface area (Å²) in [5, 5.41) is 0. The van der Waals surface area contributed by atoms with Gasteiger partial charge in [0.25, 0.3) is 5.56 Å². The van der Waals surface area contributed by atoms with E-state index in [1.807, 2.05) is 24.3 Å². The lowest BCUT2D eigenvalue weighted by molar-refractivity contribution is 0.220. The minimum absolute atomic E-state index is 0.0177. The van der Waals surface area contributed by atoms with Crippen LogP contribution in [0.3, 0.4) is 0 Å². The summed E-state index contributed by atoms with van der Waals surface area (Å²) in [6.45, 7) is 2.07. The zero-order chi connectivity index (χ0) is 16.1. The fourth-order valence-corrected chi connectivity index (χ4v) is 3.36. The molecule has 6 nitrogen and oxygen atoms in total. The van der Waals surface area contributed by atoms with Crippen molar-refractivity contribution >= 4 is 11.1 Å². The average molecular weight is 322 g/mol. The lowest BCUT2D eigenvalue weighted by Crippen LogP contribution is -2.35. The first-order chi connectivity index (χ1) is 11.8. The highest BCUT2D eigenvalue weighted by Crippen LogP contribution is 2.37. The van der Waals surface area contributed by atoms with Crippen molar-refractivity contribution in [2.24, 2.45) is 0 Å². The Hall–Kier alpha value is -2.47. The van der Waals surface area contributed by atoms with Crippen molar-refractivity contribution in [3.05, 3.63) is 57.6 Å². The number of hydrogen-bond acceptors (Lipinski definition) is 5. The van der Waals surface area contributed by atoms with Crippen LogP contribution in [-0.4, -0.2) is 26.4 Å². The SMILES string of the molecule is O=c1[nH]c(C2CC2)nc2c1CN(Cc1nc3ccccc3o1)CC2. The molecule has 3 heterocycles. The van der Waals surface area contributed by atoms with Crippen LogP contribution in [0, 0.1) is 0 Å². The van der Waals surface area contributed by atoms with E-state index in [4.69, 9.17) is 9.40 Å². The highest BCUT2D eigenvalue weighted by Gasteiger charge is 2.29. The van der Waals surface area contributed by atoms with Gasteiger partial charge in [-0.2, -0.15) is 0 Å². The van der Waals surface area contributed by atoms with Gasteiger partial charge in [0, 0.05) is 25.4 Å². The zero-order valence-electron chi connectivity index (χ0n) is 13.3. The van der Waals surface area contributed by atoms with Crippen LogP contribution in [0.25, 0.3) is 11.1 Å². The molecule has 2 aromatic heterocycles. The Morgan fingerprint density at radius 2 is 2.12 bits per heavy atom. The van der Waals surface area contributed by atoms with Crippen molar-refractivity contribution < 1.29 is 4.42 Å². The summed E-state index contributed by atoms with van der Waals surface area (Å²) >= 11 is 0. The molecule has 0 atom stereocenters. The molecule has 6 heteroatoms. The number of hydrogen-bond donors (Lipinski definition) is 1. The maximum absolute atomic E-state index is 12.4. The minimum Gasteiger partial charge on any atom is -0.439 e. The molecule has 1 N–H and O–H groups in total. The quantitative estimate of drug-likeness (QED) is 0.801. The molecule has 0 amide bonds. The number of aromatic nitrogens is 3. The van der Waals surface area contributed by atoms with E-state index < -0.39 is 0 Å². The number of fused-ring (bicyclic) bond motifs is 2. The van der Waals surface area contributed by atoms with Crippen molar-refractivity contribution in [1.29, 1.82) is 0 Å². The van der Waals surface area contributed by atoms with Gasteiger partial charge >= 0.3 is 0 Å². The van der Waals surface area contributed by atoms with E-state index in [-0.39, 0.29) is 5.56 Å². The molecule has 0 radical (unpaired) electrons. The van der Waals surface area contributed by atoms with Gasteiger partial charge in [0.05, 0.1) is 17.8 Å². The molecule has 1 aromatic carbocycles. The number of para-hydroxylation sites is 2. The van der Waals surface area contributed by atoms with E-state index in [1.54, 1.807) is 0 Å². The third kappa shape index (κ3) is 2.43. The van der Waals surface area contributed by atoms with E-state index >= 15 is 0 Å². The van der Waals surface area contributed by atoms with Crippen molar-refractivity contribution in [3.63, 3.8) is 0 Å². The number of nitrogens with zero attached hydrogens (tertiary/aromatic N) is 3. The highest BCUT2D eigenvalue weighted by atomic mass is 16.3. The standard InChI is InChI=1S/C18H18N4O2/c23-18-12-9-22(8-7-13(12)20-17(21-18)11-5-6-11)10-16-19-14-3-1-2-4-15(14)24-16/h1-4,11H,5-10H2,(H,20,21,23). The summed E-state index contributed by atoms with van der Waals surface area (Å²) in [5.74, 6) is 2.05. The second-order valence-corrected chi connectivity index (χ2v) is 6.69. The second-order valence-electron chi connectivity index (χ2n) is 6.69. The predicted octanol–water partition coefficient (Wildman–Crippen LogP) is 2.35. The van der Waals surface area contributed by atoms with E-state index in [1.165, 1.54) is 0 Å². The van der Waals surface area contributed by atoms with Crippen LogP contribution >= 0.6 is 0 Å². The summed E-state index contributed by atoms with van der Waals surface area (Å²) in [6.07, 6.45) is 3.09. The van der Waals surface area contributed by atoms with Crippen LogP contribution in [0.1, 0.15) is 41.7 Å². The Morgan fingerprint density at radius 1 is 1.25 bits per heavy atom. The molecule has 0 bridgehead atoms. The first-order valence-corrected chi connectivity index (χ1v) is 8.45. The van der Waals surface area contributed by atoms with Gasteiger partial charge in [0.1, 0.15) is 11.3 Å². The van der Waals surface area contributed by atoms with Crippen LogP contribution in [0.4, 0.5) is 0 Å². The summed E-state index contributed by atoms with van der Waals surface area (Å²) in [7, 11) is 0. The van der Waals surface area contributed by atoms with Crippen LogP contribution in [0.15, 0.2) is 33.5 Å². The Labute approximate surface area is 138 Å². The van der Waals surface area contributed by atoms with Gasteiger partial charge in [-0.3, -0.25) is 9.69 Å². The maximum atomic E-state index is 12.4. The third-order valence-corrected chi connectivity index (χ3v) is 4.83. The average Bonchev–Trinajstić information content (AvgIpc) is 3.35. The van der Waals surface area contributed by atoms with Gasteiger partial charge in [-0.1, -0.05) is 12.1 Å². The summed E-state index contributed by atoms with van der Waals surface area (Å²) in [6, 6.07) is 7.76. The topological polar surface area (TPSA) is 75.0 Å². The molecule has 1 saturated carbocycles. The summed E-state index contributed by atoms with van der Waals surface area (Å²) < 4.78 is 5.79. The molecule has 1 fully saturated rings. The van der Waals surface area contributed by atoms with E-state index in [9.17, 15) is 4.79 Å². The molecule has 0 saturated heterocycles. The summed E-state index contributed by atoms with van der Waals surface area (Å²) in [5.41, 5.74) is 3.46. The molecule has 1 aliphatic heterocycles. The molecule has 3 aromatic rings. The number of oxazole rings is 1. The second kappa shape index (κ2) is 5.27. The van der Waals surface area contributed by atoms with E-state index in [0.717, 1.165) is 54.0 Å². The maximum Gasteiger partial charge on any atom is 0.255 e. The van der Waals surface area contributed by atoms with Gasteiger partial charge in [-0.25, -0.2) is 9.97 Å². The largest absolute Gasteiger partial charge is 0.439 e. The molecule has 122 valence electrons. The lowest BCUT2D eigenvalue weighted by atomic mass is 10.1. The highest BCUT2D eigenvalue weighted by molar-refractivity contribution is 5.72. The molecule has 0 spiro atoms. The Bertz CT molecular complexity index is 938. The number of H-pyrrole nitrogens is 1. The Balaban J connectivity index is 1.39. The molecule has 5 rings (SSSR count).